The Morgan fingerprint density at radius 3 is 0.600 bits per heavy atom. The number of halogens is 3. The molecule has 0 saturated heterocycles. The topological polar surface area (TPSA) is 31.5 Å². The third-order valence-corrected chi connectivity index (χ3v) is 0. The molecule has 0 aliphatic rings. The fourth-order valence-corrected chi connectivity index (χ4v) is 0. The number of hydrogen-bond acceptors (Lipinski definition) is 0. The molecule has 0 aromatic rings. The molecule has 0 heterocycles. The van der Waals surface area contributed by atoms with Gasteiger partial charge in [-0.3, -0.25) is 0 Å². The Labute approximate surface area is 74.4 Å². The van der Waals surface area contributed by atoms with Crippen molar-refractivity contribution in [1.82, 2.24) is 0 Å². The molecular formula is H2Br3OV-3. The van der Waals surface area contributed by atoms with Crippen LogP contribution in [0, 0.1) is 0 Å². The molecule has 0 rings (SSSR count). The molecule has 2 N–H and O–H groups in total. The van der Waals surface area contributed by atoms with Crippen LogP contribution in [0.15, 0.2) is 0 Å². The van der Waals surface area contributed by atoms with Gasteiger partial charge in [-0.2, -0.15) is 0 Å². The summed E-state index contributed by atoms with van der Waals surface area (Å²) in [6, 6.07) is 0. The van der Waals surface area contributed by atoms with Crippen molar-refractivity contribution >= 4 is 0 Å². The van der Waals surface area contributed by atoms with Gasteiger partial charge in [0.2, 0.25) is 0 Å². The SMILES string of the molecule is O.[Br-].[Br-].[Br-].[V]. The second-order valence-corrected chi connectivity index (χ2v) is 0. The zero-order chi connectivity index (χ0) is 0. The first-order chi connectivity index (χ1) is 0. The maximum Gasteiger partial charge on any atom is 0 e. The molecule has 37 valence electrons. The summed E-state index contributed by atoms with van der Waals surface area (Å²) in [5, 5.41) is 0. The predicted molar refractivity (Wildman–Crippen MR) is 3.61 cm³/mol. The van der Waals surface area contributed by atoms with E-state index in [2.05, 4.69) is 0 Å². The zero-order valence-corrected chi connectivity index (χ0v) is 8.24. The van der Waals surface area contributed by atoms with E-state index < -0.39 is 0 Å². The third-order valence-electron chi connectivity index (χ3n) is 0. The van der Waals surface area contributed by atoms with Crippen LogP contribution in [0.3, 0.4) is 0 Å². The van der Waals surface area contributed by atoms with E-state index in [9.17, 15) is 0 Å². The Bertz CT molecular complexity index is 6.85. The molecule has 0 saturated carbocycles. The maximum atomic E-state index is 0. The van der Waals surface area contributed by atoms with Gasteiger partial charge in [0.1, 0.15) is 0 Å². The molecule has 0 atom stereocenters. The minimum absolute atomic E-state index is 0. The van der Waals surface area contributed by atoms with Gasteiger partial charge in [-0.25, -0.2) is 0 Å². The molecule has 5 heavy (non-hydrogen) atoms. The predicted octanol–water partition coefficient (Wildman–Crippen LogP) is -9.82. The van der Waals surface area contributed by atoms with Crippen molar-refractivity contribution in [3.05, 3.63) is 0 Å². The molecule has 5 heteroatoms. The van der Waals surface area contributed by atoms with Crippen LogP contribution in [-0.2, 0) is 18.6 Å². The Morgan fingerprint density at radius 2 is 0.600 bits per heavy atom. The summed E-state index contributed by atoms with van der Waals surface area (Å²) >= 11 is 0. The van der Waals surface area contributed by atoms with Crippen LogP contribution in [0.4, 0.5) is 0 Å². The van der Waals surface area contributed by atoms with Crippen molar-refractivity contribution in [1.29, 1.82) is 0 Å². The van der Waals surface area contributed by atoms with Gasteiger partial charge in [0, 0.05) is 18.6 Å². The molecule has 0 bridgehead atoms. The van der Waals surface area contributed by atoms with Crippen molar-refractivity contribution in [3.63, 3.8) is 0 Å². The van der Waals surface area contributed by atoms with Gasteiger partial charge in [0.25, 0.3) is 0 Å². The summed E-state index contributed by atoms with van der Waals surface area (Å²) < 4.78 is 0. The van der Waals surface area contributed by atoms with Gasteiger partial charge >= 0.3 is 0 Å². The molecule has 0 unspecified atom stereocenters. The van der Waals surface area contributed by atoms with Gasteiger partial charge in [0.05, 0.1) is 0 Å². The molecule has 1 nitrogen and oxygen atoms in total. The van der Waals surface area contributed by atoms with Crippen LogP contribution >= 0.6 is 0 Å². The summed E-state index contributed by atoms with van der Waals surface area (Å²) in [6.45, 7) is 0. The van der Waals surface area contributed by atoms with Crippen LogP contribution in [0.1, 0.15) is 0 Å². The first-order valence-electron chi connectivity index (χ1n) is 0. The molecular weight excluding hydrogens is 307 g/mol. The van der Waals surface area contributed by atoms with Crippen LogP contribution in [0.25, 0.3) is 0 Å². The molecule has 0 aromatic carbocycles. The Balaban J connectivity index is 0. The van der Waals surface area contributed by atoms with Gasteiger partial charge < -0.3 is 56.4 Å². The van der Waals surface area contributed by atoms with E-state index in [4.69, 9.17) is 0 Å². The summed E-state index contributed by atoms with van der Waals surface area (Å²) in [4.78, 5) is 0. The Hall–Kier alpha value is 1.98. The molecule has 1 radical (unpaired) electrons. The van der Waals surface area contributed by atoms with Crippen molar-refractivity contribution in [2.24, 2.45) is 0 Å². The second-order valence-electron chi connectivity index (χ2n) is 0. The monoisotopic (exact) mass is 306 g/mol. The van der Waals surface area contributed by atoms with Crippen LogP contribution in [-0.4, -0.2) is 5.48 Å². The van der Waals surface area contributed by atoms with Crippen LogP contribution < -0.4 is 50.9 Å². The zero-order valence-electron chi connectivity index (χ0n) is 2.08. The van der Waals surface area contributed by atoms with E-state index in [0.29, 0.717) is 0 Å². The molecule has 0 amide bonds. The van der Waals surface area contributed by atoms with E-state index in [1.54, 1.807) is 0 Å². The van der Waals surface area contributed by atoms with E-state index >= 15 is 0 Å². The number of rotatable bonds is 0. The number of hydrogen-bond donors (Lipinski definition) is 0. The average molecular weight is 309 g/mol. The van der Waals surface area contributed by atoms with Crippen molar-refractivity contribution in [2.45, 2.75) is 0 Å². The summed E-state index contributed by atoms with van der Waals surface area (Å²) in [5.41, 5.74) is 0. The first kappa shape index (κ1) is 63.5. The van der Waals surface area contributed by atoms with Crippen molar-refractivity contribution < 1.29 is 75.0 Å². The maximum absolute atomic E-state index is 0. The fraction of sp³-hybridized carbons (Fsp3) is 0. The van der Waals surface area contributed by atoms with E-state index in [-0.39, 0.29) is 75.0 Å². The minimum atomic E-state index is 0. The van der Waals surface area contributed by atoms with Crippen LogP contribution in [0.2, 0.25) is 0 Å². The van der Waals surface area contributed by atoms with E-state index in [1.165, 1.54) is 0 Å². The standard InChI is InChI=1S/3BrH.H2O.V/h3*1H;1H2;/p-3. The molecule has 0 aliphatic carbocycles. The first-order valence-corrected chi connectivity index (χ1v) is 0. The molecule has 0 aromatic heterocycles. The molecule has 0 fully saturated rings. The summed E-state index contributed by atoms with van der Waals surface area (Å²) in [7, 11) is 0. The van der Waals surface area contributed by atoms with E-state index in [0.717, 1.165) is 0 Å². The van der Waals surface area contributed by atoms with Crippen LogP contribution in [0.5, 0.6) is 0 Å². The Kier molecular flexibility index (Phi) is 480. The normalized spacial score (nSPS) is 0. The smallest absolute Gasteiger partial charge is 0 e. The fourth-order valence-electron chi connectivity index (χ4n) is 0. The molecule has 0 spiro atoms. The van der Waals surface area contributed by atoms with Crippen molar-refractivity contribution in [2.75, 3.05) is 0 Å². The van der Waals surface area contributed by atoms with Gasteiger partial charge in [-0.15, -0.1) is 0 Å². The minimum Gasteiger partial charge on any atom is -1.00 e. The molecule has 0 aliphatic heterocycles. The van der Waals surface area contributed by atoms with Crippen molar-refractivity contribution in [3.8, 4) is 0 Å². The van der Waals surface area contributed by atoms with Gasteiger partial charge in [-0.05, 0) is 0 Å². The average Bonchev–Trinajstić information content (AvgIpc) is 0. The Morgan fingerprint density at radius 1 is 0.600 bits per heavy atom. The largest absolute Gasteiger partial charge is 1.00 e. The quantitative estimate of drug-likeness (QED) is 0.426. The summed E-state index contributed by atoms with van der Waals surface area (Å²) in [6.07, 6.45) is 0. The van der Waals surface area contributed by atoms with Gasteiger partial charge in [-0.1, -0.05) is 0 Å². The summed E-state index contributed by atoms with van der Waals surface area (Å²) in [5.74, 6) is 0. The second kappa shape index (κ2) is 37.8. The van der Waals surface area contributed by atoms with Gasteiger partial charge in [0.15, 0.2) is 0 Å². The third kappa shape index (κ3) is 24.1. The van der Waals surface area contributed by atoms with E-state index in [1.807, 2.05) is 0 Å².